The average Bonchev–Trinajstić information content (AvgIpc) is 2.18. The summed E-state index contributed by atoms with van der Waals surface area (Å²) in [5.74, 6) is 0.828. The molecular formula is C11H17NO2. The van der Waals surface area contributed by atoms with Gasteiger partial charge in [-0.05, 0) is 31.5 Å². The van der Waals surface area contributed by atoms with Crippen molar-refractivity contribution in [2.24, 2.45) is 5.73 Å². The number of ether oxygens (including phenoxy) is 1. The molecule has 0 aliphatic heterocycles. The van der Waals surface area contributed by atoms with Crippen molar-refractivity contribution in [1.29, 1.82) is 0 Å². The predicted molar refractivity (Wildman–Crippen MR) is 56.2 cm³/mol. The fraction of sp³-hybridized carbons (Fsp3) is 0.455. The van der Waals surface area contributed by atoms with E-state index < -0.39 is 6.10 Å². The van der Waals surface area contributed by atoms with Crippen molar-refractivity contribution in [1.82, 2.24) is 0 Å². The van der Waals surface area contributed by atoms with E-state index in [-0.39, 0.29) is 6.04 Å². The van der Waals surface area contributed by atoms with Crippen molar-refractivity contribution in [2.75, 3.05) is 6.61 Å². The van der Waals surface area contributed by atoms with Crippen LogP contribution in [-0.2, 0) is 0 Å². The number of aliphatic hydroxyl groups is 1. The van der Waals surface area contributed by atoms with E-state index in [0.717, 1.165) is 11.3 Å². The van der Waals surface area contributed by atoms with Crippen LogP contribution in [0.1, 0.15) is 25.5 Å². The maximum absolute atomic E-state index is 9.29. The normalized spacial score (nSPS) is 14.9. The average molecular weight is 195 g/mol. The van der Waals surface area contributed by atoms with E-state index in [1.807, 2.05) is 31.2 Å². The molecule has 1 rings (SSSR count). The van der Waals surface area contributed by atoms with E-state index in [0.29, 0.717) is 6.61 Å². The van der Waals surface area contributed by atoms with E-state index in [2.05, 4.69) is 0 Å². The molecule has 0 fully saturated rings. The second-order valence-electron chi connectivity index (χ2n) is 3.27. The van der Waals surface area contributed by atoms with E-state index in [4.69, 9.17) is 10.5 Å². The first-order chi connectivity index (χ1) is 6.65. The number of nitrogens with two attached hydrogens (primary N) is 1. The molecule has 0 radical (unpaired) electrons. The second kappa shape index (κ2) is 4.98. The number of aliphatic hydroxyl groups excluding tert-OH is 1. The van der Waals surface area contributed by atoms with Gasteiger partial charge in [0.25, 0.3) is 0 Å². The molecular weight excluding hydrogens is 178 g/mol. The Hall–Kier alpha value is -1.06. The van der Waals surface area contributed by atoms with Crippen molar-refractivity contribution < 1.29 is 9.84 Å². The van der Waals surface area contributed by atoms with Crippen LogP contribution in [0.4, 0.5) is 0 Å². The van der Waals surface area contributed by atoms with Crippen LogP contribution in [0.25, 0.3) is 0 Å². The van der Waals surface area contributed by atoms with Crippen LogP contribution < -0.4 is 10.5 Å². The Kier molecular flexibility index (Phi) is 3.92. The summed E-state index contributed by atoms with van der Waals surface area (Å²) in [4.78, 5) is 0. The molecule has 0 spiro atoms. The quantitative estimate of drug-likeness (QED) is 0.764. The molecule has 0 aliphatic rings. The highest BCUT2D eigenvalue weighted by molar-refractivity contribution is 5.29. The van der Waals surface area contributed by atoms with E-state index >= 15 is 0 Å². The molecule has 3 N–H and O–H groups in total. The Morgan fingerprint density at radius 2 is 1.93 bits per heavy atom. The molecule has 3 heteroatoms. The van der Waals surface area contributed by atoms with Gasteiger partial charge in [-0.15, -0.1) is 0 Å². The van der Waals surface area contributed by atoms with Gasteiger partial charge in [0.05, 0.1) is 18.8 Å². The van der Waals surface area contributed by atoms with E-state index in [9.17, 15) is 5.11 Å². The minimum atomic E-state index is -0.534. The first kappa shape index (κ1) is 11.0. The topological polar surface area (TPSA) is 55.5 Å². The molecule has 0 saturated heterocycles. The summed E-state index contributed by atoms with van der Waals surface area (Å²) >= 11 is 0. The maximum Gasteiger partial charge on any atom is 0.119 e. The first-order valence-corrected chi connectivity index (χ1v) is 4.81. The molecule has 0 aliphatic carbocycles. The molecule has 0 aromatic heterocycles. The summed E-state index contributed by atoms with van der Waals surface area (Å²) in [7, 11) is 0. The van der Waals surface area contributed by atoms with Crippen molar-refractivity contribution in [2.45, 2.75) is 26.0 Å². The Balaban J connectivity index is 2.72. The summed E-state index contributed by atoms with van der Waals surface area (Å²) in [5.41, 5.74) is 6.69. The van der Waals surface area contributed by atoms with Gasteiger partial charge in [-0.25, -0.2) is 0 Å². The molecule has 14 heavy (non-hydrogen) atoms. The van der Waals surface area contributed by atoms with Crippen molar-refractivity contribution >= 4 is 0 Å². The summed E-state index contributed by atoms with van der Waals surface area (Å²) < 4.78 is 5.30. The molecule has 0 bridgehead atoms. The summed E-state index contributed by atoms with van der Waals surface area (Å²) in [5, 5.41) is 9.29. The Morgan fingerprint density at radius 3 is 2.36 bits per heavy atom. The largest absolute Gasteiger partial charge is 0.494 e. The monoisotopic (exact) mass is 195 g/mol. The number of hydrogen-bond acceptors (Lipinski definition) is 3. The summed E-state index contributed by atoms with van der Waals surface area (Å²) in [6.45, 7) is 4.28. The fourth-order valence-electron chi connectivity index (χ4n) is 1.23. The van der Waals surface area contributed by atoms with Crippen molar-refractivity contribution in [3.05, 3.63) is 29.8 Å². The van der Waals surface area contributed by atoms with Gasteiger partial charge in [0.15, 0.2) is 0 Å². The van der Waals surface area contributed by atoms with Gasteiger partial charge in [0.2, 0.25) is 0 Å². The predicted octanol–water partition coefficient (Wildman–Crippen LogP) is 1.47. The lowest BCUT2D eigenvalue weighted by atomic mass is 10.0. The summed E-state index contributed by atoms with van der Waals surface area (Å²) in [6.07, 6.45) is -0.534. The third-order valence-corrected chi connectivity index (χ3v) is 2.10. The minimum absolute atomic E-state index is 0.328. The van der Waals surface area contributed by atoms with Crippen molar-refractivity contribution in [3.8, 4) is 5.75 Å². The van der Waals surface area contributed by atoms with Crippen LogP contribution in [0.15, 0.2) is 24.3 Å². The molecule has 3 nitrogen and oxygen atoms in total. The smallest absolute Gasteiger partial charge is 0.119 e. The van der Waals surface area contributed by atoms with Crippen LogP contribution in [0.3, 0.4) is 0 Å². The van der Waals surface area contributed by atoms with Gasteiger partial charge in [0, 0.05) is 0 Å². The highest BCUT2D eigenvalue weighted by atomic mass is 16.5. The molecule has 78 valence electrons. The second-order valence-corrected chi connectivity index (χ2v) is 3.27. The molecule has 0 saturated carbocycles. The number of benzene rings is 1. The van der Waals surface area contributed by atoms with E-state index in [1.165, 1.54) is 0 Å². The first-order valence-electron chi connectivity index (χ1n) is 4.81. The molecule has 2 unspecified atom stereocenters. The zero-order chi connectivity index (χ0) is 10.6. The van der Waals surface area contributed by atoms with Gasteiger partial charge in [0.1, 0.15) is 5.75 Å². The van der Waals surface area contributed by atoms with E-state index in [1.54, 1.807) is 6.92 Å². The van der Waals surface area contributed by atoms with Crippen LogP contribution in [0.2, 0.25) is 0 Å². The van der Waals surface area contributed by atoms with Crippen LogP contribution >= 0.6 is 0 Å². The highest BCUT2D eigenvalue weighted by Crippen LogP contribution is 2.18. The lowest BCUT2D eigenvalue weighted by molar-refractivity contribution is 0.164. The third-order valence-electron chi connectivity index (χ3n) is 2.10. The van der Waals surface area contributed by atoms with Gasteiger partial charge >= 0.3 is 0 Å². The molecule has 1 aromatic carbocycles. The fourth-order valence-corrected chi connectivity index (χ4v) is 1.23. The molecule has 1 aromatic rings. The highest BCUT2D eigenvalue weighted by Gasteiger charge is 2.11. The molecule has 0 heterocycles. The Morgan fingerprint density at radius 1 is 1.36 bits per heavy atom. The lowest BCUT2D eigenvalue weighted by Crippen LogP contribution is -2.22. The van der Waals surface area contributed by atoms with Gasteiger partial charge < -0.3 is 15.6 Å². The SMILES string of the molecule is CCOc1ccc(C(N)C(C)O)cc1. The third kappa shape index (κ3) is 2.72. The van der Waals surface area contributed by atoms with Gasteiger partial charge in [-0.3, -0.25) is 0 Å². The Bertz CT molecular complexity index is 269. The molecule has 2 atom stereocenters. The minimum Gasteiger partial charge on any atom is -0.494 e. The van der Waals surface area contributed by atoms with Crippen LogP contribution in [-0.4, -0.2) is 17.8 Å². The summed E-state index contributed by atoms with van der Waals surface area (Å²) in [6, 6.07) is 7.15. The zero-order valence-corrected chi connectivity index (χ0v) is 8.60. The van der Waals surface area contributed by atoms with Crippen LogP contribution in [0.5, 0.6) is 5.75 Å². The lowest BCUT2D eigenvalue weighted by Gasteiger charge is -2.15. The Labute approximate surface area is 84.5 Å². The molecule has 0 amide bonds. The standard InChI is InChI=1S/C11H17NO2/c1-3-14-10-6-4-9(5-7-10)11(12)8(2)13/h4-8,11,13H,3,12H2,1-2H3. The zero-order valence-electron chi connectivity index (χ0n) is 8.60. The number of rotatable bonds is 4. The van der Waals surface area contributed by atoms with Gasteiger partial charge in [-0.2, -0.15) is 0 Å². The van der Waals surface area contributed by atoms with Gasteiger partial charge in [-0.1, -0.05) is 12.1 Å². The maximum atomic E-state index is 9.29. The number of hydrogen-bond donors (Lipinski definition) is 2. The van der Waals surface area contributed by atoms with Crippen molar-refractivity contribution in [3.63, 3.8) is 0 Å². The van der Waals surface area contributed by atoms with Crippen LogP contribution in [0, 0.1) is 0 Å².